The molecule has 0 fully saturated rings. The van der Waals surface area contributed by atoms with Crippen LogP contribution in [0.3, 0.4) is 0 Å². The van der Waals surface area contributed by atoms with Crippen molar-refractivity contribution in [2.75, 3.05) is 6.54 Å². The second-order valence-corrected chi connectivity index (χ2v) is 5.25. The molecule has 0 aromatic carbocycles. The van der Waals surface area contributed by atoms with Crippen molar-refractivity contribution < 1.29 is 28.4 Å². The largest absolute Gasteiger partial charge is 0.477 e. The van der Waals surface area contributed by atoms with Gasteiger partial charge in [-0.05, 0) is 6.42 Å². The molecule has 0 aliphatic rings. The van der Waals surface area contributed by atoms with E-state index in [1.165, 1.54) is 0 Å². The molecule has 0 unspecified atom stereocenters. The number of hydrogen-bond donors (Lipinski definition) is 4. The van der Waals surface area contributed by atoms with Gasteiger partial charge in [-0.15, -0.1) is 0 Å². The van der Waals surface area contributed by atoms with E-state index >= 15 is 0 Å². The van der Waals surface area contributed by atoms with E-state index in [9.17, 15) is 4.57 Å². The number of unbranched alkanes of at least 4 members (excludes halogenated alkanes) is 1. The predicted molar refractivity (Wildman–Crippen MR) is 46.7 cm³/mol. The highest BCUT2D eigenvalue weighted by Crippen LogP contribution is 2.56. The van der Waals surface area contributed by atoms with Gasteiger partial charge in [0.1, 0.15) is 0 Å². The molecule has 0 aliphatic heterocycles. The minimum Gasteiger partial charge on any atom is -0.318 e. The molecule has 0 rings (SSSR count). The molecule has 0 saturated heterocycles. The molecule has 13 heavy (non-hydrogen) atoms. The highest BCUT2D eigenvalue weighted by molar-refractivity contribution is 7.61. The van der Waals surface area contributed by atoms with Crippen molar-refractivity contribution in [3.05, 3.63) is 0 Å². The summed E-state index contributed by atoms with van der Waals surface area (Å²) >= 11 is 0. The first-order valence-corrected chi connectivity index (χ1v) is 6.67. The molecule has 0 aromatic rings. The lowest BCUT2D eigenvalue weighted by Crippen LogP contribution is -1.88. The minimum absolute atomic E-state index is 0.108. The van der Waals surface area contributed by atoms with E-state index in [4.69, 9.17) is 19.6 Å². The van der Waals surface area contributed by atoms with Crippen LogP contribution in [0.15, 0.2) is 4.74 Å². The summed E-state index contributed by atoms with van der Waals surface area (Å²) in [5, 5.41) is 0. The number of hydrogen-bond acceptors (Lipinski definition) is 3. The summed E-state index contributed by atoms with van der Waals surface area (Å²) in [7, 11) is -9.11. The van der Waals surface area contributed by atoms with Gasteiger partial charge in [0.2, 0.25) is 0 Å². The Morgan fingerprint density at radius 3 is 2.23 bits per heavy atom. The fraction of sp³-hybridized carbons (Fsp3) is 1.00. The minimum atomic E-state index is -4.88. The Bertz CT molecular complexity index is 241. The molecular weight excluding hydrogens is 220 g/mol. The summed E-state index contributed by atoms with van der Waals surface area (Å²) in [6.45, 7) is 1.98. The highest BCUT2D eigenvalue weighted by Gasteiger charge is 2.26. The normalized spacial score (nSPS) is 13.0. The van der Waals surface area contributed by atoms with E-state index in [0.29, 0.717) is 6.42 Å². The quantitative estimate of drug-likeness (QED) is 0.412. The lowest BCUT2D eigenvalue weighted by Gasteiger charge is -2.10. The second kappa shape index (κ2) is 5.22. The monoisotopic (exact) mass is 233 g/mol. The van der Waals surface area contributed by atoms with Crippen molar-refractivity contribution >= 4 is 15.6 Å². The van der Waals surface area contributed by atoms with E-state index in [1.54, 1.807) is 0 Å². The van der Waals surface area contributed by atoms with Gasteiger partial charge in [0.05, 0.1) is 0 Å². The molecular formula is C4H13NO6P2. The van der Waals surface area contributed by atoms with Gasteiger partial charge in [-0.1, -0.05) is 13.3 Å². The van der Waals surface area contributed by atoms with Gasteiger partial charge in [-0.3, -0.25) is 0 Å². The lowest BCUT2D eigenvalue weighted by atomic mass is 10.3. The lowest BCUT2D eigenvalue weighted by molar-refractivity contribution is 0.253. The molecule has 4 N–H and O–H groups in total. The molecule has 0 spiro atoms. The maximum Gasteiger partial charge on any atom is 0.477 e. The molecule has 0 atom stereocenters. The predicted octanol–water partition coefficient (Wildman–Crippen LogP) is 0.827. The smallest absolute Gasteiger partial charge is 0.318 e. The van der Waals surface area contributed by atoms with Crippen molar-refractivity contribution in [1.82, 2.24) is 0 Å². The van der Waals surface area contributed by atoms with Gasteiger partial charge in [-0.2, -0.15) is 0 Å². The average Bonchev–Trinajstić information content (AvgIpc) is 1.81. The fourth-order valence-corrected chi connectivity index (χ4v) is 2.28. The van der Waals surface area contributed by atoms with Crippen molar-refractivity contribution in [1.29, 1.82) is 0 Å². The zero-order chi connectivity index (χ0) is 10.5. The van der Waals surface area contributed by atoms with Gasteiger partial charge >= 0.3 is 15.6 Å². The van der Waals surface area contributed by atoms with E-state index in [2.05, 4.69) is 9.06 Å². The third-order valence-corrected chi connectivity index (χ3v) is 3.31. The zero-order valence-electron chi connectivity index (χ0n) is 7.07. The van der Waals surface area contributed by atoms with Crippen LogP contribution in [-0.2, 0) is 8.88 Å². The van der Waals surface area contributed by atoms with Gasteiger partial charge < -0.3 is 19.6 Å². The van der Waals surface area contributed by atoms with Gasteiger partial charge in [0.15, 0.2) is 0 Å². The molecule has 0 amide bonds. The first kappa shape index (κ1) is 13.3. The van der Waals surface area contributed by atoms with Crippen LogP contribution in [-0.4, -0.2) is 26.1 Å². The SMILES string of the molecule is CCCCN=P(O)(O)OP(=O)(O)O. The average molecular weight is 233 g/mol. The standard InChI is InChI=1S/C4H13NO6P2/c1-2-3-4-5-12(6,7)11-13(8,9)10/h6-7H,2-4H2,1H3,(H2,8,9,10). The van der Waals surface area contributed by atoms with Gasteiger partial charge in [0, 0.05) is 6.54 Å². The first-order valence-electron chi connectivity index (χ1n) is 3.57. The number of rotatable bonds is 5. The Labute approximate surface area is 75.9 Å². The molecule has 0 bridgehead atoms. The summed E-state index contributed by atoms with van der Waals surface area (Å²) in [5.74, 6) is 0. The van der Waals surface area contributed by atoms with Crippen LogP contribution in [0.25, 0.3) is 0 Å². The van der Waals surface area contributed by atoms with Crippen molar-refractivity contribution in [3.63, 3.8) is 0 Å². The Kier molecular flexibility index (Phi) is 5.32. The summed E-state index contributed by atoms with van der Waals surface area (Å²) in [6.07, 6.45) is 1.40. The Hall–Kier alpha value is 0.260. The molecule has 0 radical (unpaired) electrons. The van der Waals surface area contributed by atoms with Crippen LogP contribution in [0.4, 0.5) is 0 Å². The zero-order valence-corrected chi connectivity index (χ0v) is 8.86. The number of nitrogens with zero attached hydrogens (tertiary/aromatic N) is 1. The third kappa shape index (κ3) is 8.59. The van der Waals surface area contributed by atoms with Crippen LogP contribution in [0.5, 0.6) is 0 Å². The maximum absolute atomic E-state index is 10.2. The number of phosphoric acid groups is 1. The van der Waals surface area contributed by atoms with Crippen molar-refractivity contribution in [2.45, 2.75) is 19.8 Å². The van der Waals surface area contributed by atoms with Crippen LogP contribution in [0, 0.1) is 0 Å². The third-order valence-electron chi connectivity index (χ3n) is 1.01. The van der Waals surface area contributed by atoms with Gasteiger partial charge in [0.25, 0.3) is 0 Å². The highest BCUT2D eigenvalue weighted by atomic mass is 31.3. The molecule has 80 valence electrons. The van der Waals surface area contributed by atoms with Crippen LogP contribution in [0.2, 0.25) is 0 Å². The molecule has 7 nitrogen and oxygen atoms in total. The van der Waals surface area contributed by atoms with E-state index in [1.807, 2.05) is 6.92 Å². The molecule has 9 heteroatoms. The first-order chi connectivity index (χ1) is 5.77. The summed E-state index contributed by atoms with van der Waals surface area (Å²) < 4.78 is 17.1. The van der Waals surface area contributed by atoms with Crippen molar-refractivity contribution in [3.8, 4) is 0 Å². The molecule has 0 aromatic heterocycles. The van der Waals surface area contributed by atoms with Crippen LogP contribution >= 0.6 is 15.6 Å². The van der Waals surface area contributed by atoms with E-state index in [-0.39, 0.29) is 6.54 Å². The van der Waals surface area contributed by atoms with Crippen molar-refractivity contribution in [2.24, 2.45) is 4.74 Å². The summed E-state index contributed by atoms with van der Waals surface area (Å²) in [6, 6.07) is 0. The van der Waals surface area contributed by atoms with Gasteiger partial charge in [-0.25, -0.2) is 13.6 Å². The Balaban J connectivity index is 4.22. The van der Waals surface area contributed by atoms with E-state index < -0.39 is 15.6 Å². The van der Waals surface area contributed by atoms with Crippen LogP contribution < -0.4 is 0 Å². The Morgan fingerprint density at radius 2 is 1.85 bits per heavy atom. The summed E-state index contributed by atoms with van der Waals surface area (Å²) in [5.41, 5.74) is 0. The second-order valence-electron chi connectivity index (χ2n) is 2.30. The Morgan fingerprint density at radius 1 is 1.31 bits per heavy atom. The fourth-order valence-electron chi connectivity index (χ4n) is 0.528. The maximum atomic E-state index is 10.2. The molecule has 0 aliphatic carbocycles. The topological polar surface area (TPSA) is 120 Å². The van der Waals surface area contributed by atoms with E-state index in [0.717, 1.165) is 6.42 Å². The van der Waals surface area contributed by atoms with Crippen LogP contribution in [0.1, 0.15) is 19.8 Å². The molecule has 0 saturated carbocycles. The molecule has 0 heterocycles. The summed E-state index contributed by atoms with van der Waals surface area (Å²) in [4.78, 5) is 34.2.